The molecule has 3 aromatic rings. The lowest BCUT2D eigenvalue weighted by molar-refractivity contribution is -0.138. The zero-order chi connectivity index (χ0) is 15.5. The largest absolute Gasteiger partial charge is 0.481 e. The molecule has 0 saturated heterocycles. The monoisotopic (exact) mass is 294 g/mol. The van der Waals surface area contributed by atoms with Gasteiger partial charge in [0.1, 0.15) is 5.82 Å². The minimum Gasteiger partial charge on any atom is -0.481 e. The van der Waals surface area contributed by atoms with Crippen LogP contribution in [-0.4, -0.2) is 11.1 Å². The van der Waals surface area contributed by atoms with Crippen LogP contribution in [0.15, 0.2) is 66.7 Å². The van der Waals surface area contributed by atoms with E-state index >= 15 is 0 Å². The lowest BCUT2D eigenvalue weighted by Gasteiger charge is -2.14. The van der Waals surface area contributed by atoms with Gasteiger partial charge >= 0.3 is 5.97 Å². The van der Waals surface area contributed by atoms with Gasteiger partial charge in [0.25, 0.3) is 0 Å². The Bertz CT molecular complexity index is 809. The molecule has 0 aliphatic heterocycles. The van der Waals surface area contributed by atoms with Crippen molar-refractivity contribution >= 4 is 16.7 Å². The smallest absolute Gasteiger partial charge is 0.311 e. The second-order valence-corrected chi connectivity index (χ2v) is 5.33. The van der Waals surface area contributed by atoms with E-state index < -0.39 is 11.9 Å². The number of carboxylic acids is 1. The van der Waals surface area contributed by atoms with E-state index in [1.165, 1.54) is 12.1 Å². The van der Waals surface area contributed by atoms with Crippen molar-refractivity contribution < 1.29 is 14.3 Å². The Balaban J connectivity index is 1.95. The van der Waals surface area contributed by atoms with Crippen molar-refractivity contribution in [3.05, 3.63) is 83.7 Å². The molecule has 2 nitrogen and oxygen atoms in total. The summed E-state index contributed by atoms with van der Waals surface area (Å²) in [7, 11) is 0. The van der Waals surface area contributed by atoms with E-state index in [9.17, 15) is 14.3 Å². The second-order valence-electron chi connectivity index (χ2n) is 5.33. The van der Waals surface area contributed by atoms with Gasteiger partial charge in [0.2, 0.25) is 0 Å². The van der Waals surface area contributed by atoms with Gasteiger partial charge in [-0.3, -0.25) is 4.79 Å². The summed E-state index contributed by atoms with van der Waals surface area (Å²) in [5, 5.41) is 11.6. The van der Waals surface area contributed by atoms with Crippen LogP contribution in [0.5, 0.6) is 0 Å². The zero-order valence-electron chi connectivity index (χ0n) is 11.9. The highest BCUT2D eigenvalue weighted by Gasteiger charge is 2.20. The van der Waals surface area contributed by atoms with Crippen molar-refractivity contribution in [2.75, 3.05) is 0 Å². The molecule has 0 saturated carbocycles. The van der Waals surface area contributed by atoms with Gasteiger partial charge in [0.05, 0.1) is 5.92 Å². The quantitative estimate of drug-likeness (QED) is 0.775. The summed E-state index contributed by atoms with van der Waals surface area (Å²) in [5.41, 5.74) is 1.57. The van der Waals surface area contributed by atoms with Gasteiger partial charge in [-0.15, -0.1) is 0 Å². The van der Waals surface area contributed by atoms with Crippen LogP contribution >= 0.6 is 0 Å². The van der Waals surface area contributed by atoms with Gasteiger partial charge in [-0.05, 0) is 40.5 Å². The van der Waals surface area contributed by atoms with Crippen LogP contribution in [0, 0.1) is 5.82 Å². The highest BCUT2D eigenvalue weighted by molar-refractivity contribution is 5.85. The summed E-state index contributed by atoms with van der Waals surface area (Å²) >= 11 is 0. The SMILES string of the molecule is O=C(O)C(Cc1ccc(F)cc1)c1ccc2ccccc2c1. The molecule has 0 amide bonds. The summed E-state index contributed by atoms with van der Waals surface area (Å²) in [5.74, 6) is -1.84. The predicted molar refractivity (Wildman–Crippen MR) is 84.4 cm³/mol. The minimum atomic E-state index is -0.875. The highest BCUT2D eigenvalue weighted by atomic mass is 19.1. The van der Waals surface area contributed by atoms with Crippen molar-refractivity contribution in [1.29, 1.82) is 0 Å². The average Bonchev–Trinajstić information content (AvgIpc) is 2.53. The molecule has 1 N–H and O–H groups in total. The molecule has 1 atom stereocenters. The maximum Gasteiger partial charge on any atom is 0.311 e. The number of carboxylic acid groups (broad SMARTS) is 1. The summed E-state index contributed by atoms with van der Waals surface area (Å²) in [6.07, 6.45) is 0.341. The fraction of sp³-hybridized carbons (Fsp3) is 0.105. The third-order valence-electron chi connectivity index (χ3n) is 3.83. The standard InChI is InChI=1S/C19H15FO2/c20-17-9-5-13(6-10-17)11-18(19(21)22)16-8-7-14-3-1-2-4-15(14)12-16/h1-10,12,18H,11H2,(H,21,22). The number of halogens is 1. The molecule has 22 heavy (non-hydrogen) atoms. The Morgan fingerprint density at radius 3 is 2.32 bits per heavy atom. The maximum absolute atomic E-state index is 13.0. The summed E-state index contributed by atoms with van der Waals surface area (Å²) in [4.78, 5) is 11.6. The summed E-state index contributed by atoms with van der Waals surface area (Å²) in [6.45, 7) is 0. The van der Waals surface area contributed by atoms with E-state index in [0.29, 0.717) is 6.42 Å². The number of hydrogen-bond acceptors (Lipinski definition) is 1. The second kappa shape index (κ2) is 5.98. The van der Waals surface area contributed by atoms with Crippen molar-refractivity contribution in [3.8, 4) is 0 Å². The zero-order valence-corrected chi connectivity index (χ0v) is 11.9. The van der Waals surface area contributed by atoms with Crippen LogP contribution in [0.25, 0.3) is 10.8 Å². The molecule has 0 aromatic heterocycles. The molecule has 0 radical (unpaired) electrons. The number of aliphatic carboxylic acids is 1. The van der Waals surface area contributed by atoms with E-state index in [4.69, 9.17) is 0 Å². The van der Waals surface area contributed by atoms with Gasteiger partial charge in [0.15, 0.2) is 0 Å². The number of carbonyl (C=O) groups is 1. The first-order valence-electron chi connectivity index (χ1n) is 7.09. The van der Waals surface area contributed by atoms with Gasteiger partial charge in [0, 0.05) is 0 Å². The fourth-order valence-corrected chi connectivity index (χ4v) is 2.63. The van der Waals surface area contributed by atoms with Gasteiger partial charge in [-0.2, -0.15) is 0 Å². The fourth-order valence-electron chi connectivity index (χ4n) is 2.63. The number of rotatable bonds is 4. The van der Waals surface area contributed by atoms with Gasteiger partial charge in [-0.1, -0.05) is 54.6 Å². The van der Waals surface area contributed by atoms with E-state index in [0.717, 1.165) is 21.9 Å². The first-order valence-corrected chi connectivity index (χ1v) is 7.09. The van der Waals surface area contributed by atoms with Crippen molar-refractivity contribution in [1.82, 2.24) is 0 Å². The molecule has 0 bridgehead atoms. The van der Waals surface area contributed by atoms with Crippen molar-refractivity contribution in [2.45, 2.75) is 12.3 Å². The van der Waals surface area contributed by atoms with E-state index in [1.807, 2.05) is 42.5 Å². The molecule has 0 spiro atoms. The lowest BCUT2D eigenvalue weighted by atomic mass is 9.90. The molecule has 3 aromatic carbocycles. The van der Waals surface area contributed by atoms with E-state index in [1.54, 1.807) is 12.1 Å². The van der Waals surface area contributed by atoms with Crippen LogP contribution in [-0.2, 0) is 11.2 Å². The minimum absolute atomic E-state index is 0.318. The molecule has 3 rings (SSSR count). The Kier molecular flexibility index (Phi) is 3.88. The molecular formula is C19H15FO2. The maximum atomic E-state index is 13.0. The first kappa shape index (κ1) is 14.3. The predicted octanol–water partition coefficient (Wildman–Crippen LogP) is 4.39. The number of hydrogen-bond donors (Lipinski definition) is 1. The molecule has 0 fully saturated rings. The van der Waals surface area contributed by atoms with Crippen molar-refractivity contribution in [2.24, 2.45) is 0 Å². The Labute approximate surface area is 127 Å². The third kappa shape index (κ3) is 2.98. The van der Waals surface area contributed by atoms with E-state index in [-0.39, 0.29) is 5.82 Å². The Hall–Kier alpha value is -2.68. The van der Waals surface area contributed by atoms with Crippen LogP contribution in [0.4, 0.5) is 4.39 Å². The van der Waals surface area contributed by atoms with Crippen LogP contribution in [0.2, 0.25) is 0 Å². The molecular weight excluding hydrogens is 279 g/mol. The lowest BCUT2D eigenvalue weighted by Crippen LogP contribution is -2.14. The first-order chi connectivity index (χ1) is 10.6. The van der Waals surface area contributed by atoms with Crippen LogP contribution < -0.4 is 0 Å². The summed E-state index contributed by atoms with van der Waals surface area (Å²) in [6, 6.07) is 19.5. The van der Waals surface area contributed by atoms with Crippen molar-refractivity contribution in [3.63, 3.8) is 0 Å². The van der Waals surface area contributed by atoms with Gasteiger partial charge in [-0.25, -0.2) is 4.39 Å². The van der Waals surface area contributed by atoms with E-state index in [2.05, 4.69) is 0 Å². The van der Waals surface area contributed by atoms with Crippen LogP contribution in [0.3, 0.4) is 0 Å². The molecule has 110 valence electrons. The Morgan fingerprint density at radius 2 is 1.64 bits per heavy atom. The van der Waals surface area contributed by atoms with Crippen LogP contribution in [0.1, 0.15) is 17.0 Å². The molecule has 0 aliphatic rings. The molecule has 0 heterocycles. The topological polar surface area (TPSA) is 37.3 Å². The number of fused-ring (bicyclic) bond motifs is 1. The number of benzene rings is 3. The Morgan fingerprint density at radius 1 is 0.955 bits per heavy atom. The van der Waals surface area contributed by atoms with Gasteiger partial charge < -0.3 is 5.11 Å². The summed E-state index contributed by atoms with van der Waals surface area (Å²) < 4.78 is 13.0. The highest BCUT2D eigenvalue weighted by Crippen LogP contribution is 2.25. The molecule has 1 unspecified atom stereocenters. The molecule has 0 aliphatic carbocycles. The molecule has 3 heteroatoms. The normalized spacial score (nSPS) is 12.2. The average molecular weight is 294 g/mol. The third-order valence-corrected chi connectivity index (χ3v) is 3.83.